The van der Waals surface area contributed by atoms with E-state index in [1.807, 2.05) is 24.9 Å². The molecule has 3 heterocycles. The number of nitrogens with one attached hydrogen (secondary N) is 2. The van der Waals surface area contributed by atoms with Crippen molar-refractivity contribution in [2.75, 3.05) is 31.7 Å². The van der Waals surface area contributed by atoms with Crippen LogP contribution in [0.25, 0.3) is 11.5 Å². The molecule has 4 rings (SSSR count). The van der Waals surface area contributed by atoms with Crippen LogP contribution in [0.3, 0.4) is 0 Å². The van der Waals surface area contributed by atoms with E-state index in [9.17, 15) is 4.79 Å². The van der Waals surface area contributed by atoms with Crippen LogP contribution < -0.4 is 19.7 Å². The highest BCUT2D eigenvalue weighted by Crippen LogP contribution is 2.31. The van der Waals surface area contributed by atoms with Gasteiger partial charge in [-0.15, -0.1) is 0 Å². The minimum atomic E-state index is -0.0958. The predicted molar refractivity (Wildman–Crippen MR) is 120 cm³/mol. The normalized spacial score (nSPS) is 17.3. The first-order valence-corrected chi connectivity index (χ1v) is 11.1. The molecule has 0 aromatic carbocycles. The van der Waals surface area contributed by atoms with Gasteiger partial charge in [0.25, 0.3) is 0 Å². The zero-order valence-corrected chi connectivity index (χ0v) is 18.4. The molecule has 2 aromatic heterocycles. The number of carbonyl (C=O) groups excluding carboxylic acids is 1. The molecule has 2 aromatic rings. The van der Waals surface area contributed by atoms with Gasteiger partial charge in [0, 0.05) is 36.6 Å². The maximum absolute atomic E-state index is 12.6. The second-order valence-electron chi connectivity index (χ2n) is 7.54. The number of pyridine rings is 1. The molecule has 1 atom stereocenters. The maximum Gasteiger partial charge on any atom is 0.244 e. The van der Waals surface area contributed by atoms with Gasteiger partial charge in [-0.3, -0.25) is 14.5 Å². The molecular weight excluding hydrogens is 416 g/mol. The highest BCUT2D eigenvalue weighted by atomic mass is 32.2. The molecule has 2 aliphatic rings. The van der Waals surface area contributed by atoms with Crippen molar-refractivity contribution in [2.24, 2.45) is 0 Å². The van der Waals surface area contributed by atoms with Gasteiger partial charge in [0.15, 0.2) is 5.82 Å². The summed E-state index contributed by atoms with van der Waals surface area (Å²) in [5.74, 6) is 1.77. The Bertz CT molecular complexity index is 999. The van der Waals surface area contributed by atoms with E-state index in [2.05, 4.69) is 15.0 Å². The summed E-state index contributed by atoms with van der Waals surface area (Å²) in [4.78, 5) is 28.3. The van der Waals surface area contributed by atoms with Crippen molar-refractivity contribution in [3.05, 3.63) is 40.7 Å². The van der Waals surface area contributed by atoms with Crippen molar-refractivity contribution in [3.8, 4) is 17.3 Å². The highest BCUT2D eigenvalue weighted by Gasteiger charge is 2.24. The number of carbonyl (C=O) groups is 1. The lowest BCUT2D eigenvalue weighted by molar-refractivity contribution is -0.118. The first kappa shape index (κ1) is 21.5. The number of nitrogens with zero attached hydrogens (tertiary/aromatic N) is 4. The van der Waals surface area contributed by atoms with Crippen LogP contribution >= 0.6 is 11.9 Å². The average Bonchev–Trinajstić information content (AvgIpc) is 3.40. The number of likely N-dealkylation sites (N-methyl/N-ethyl adjacent to an activating group) is 1. The van der Waals surface area contributed by atoms with Crippen molar-refractivity contribution in [3.63, 3.8) is 0 Å². The Morgan fingerprint density at radius 3 is 3.06 bits per heavy atom. The zero-order chi connectivity index (χ0) is 21.8. The minimum Gasteiger partial charge on any atom is -0.491 e. The standard InChI is InChI=1S/C21H26N6O3S/c1-13-10-19(31-26-13)24-18(29)12-27(2)21-15-4-3-5-16(15)23-20(25-21)17-11-14(6-7-22-17)30-9-8-28/h6-7,10-11,13,26,28H,3-5,8-9,12H2,1-2H3,(H,24,29). The van der Waals surface area contributed by atoms with E-state index in [4.69, 9.17) is 19.8 Å². The summed E-state index contributed by atoms with van der Waals surface area (Å²) >= 11 is 1.43. The Morgan fingerprint density at radius 2 is 2.29 bits per heavy atom. The van der Waals surface area contributed by atoms with Gasteiger partial charge in [-0.2, -0.15) is 0 Å². The van der Waals surface area contributed by atoms with Gasteiger partial charge in [-0.1, -0.05) is 0 Å². The number of fused-ring (bicyclic) bond motifs is 1. The molecule has 1 unspecified atom stereocenters. The van der Waals surface area contributed by atoms with Crippen LogP contribution in [0.5, 0.6) is 5.75 Å². The van der Waals surface area contributed by atoms with Crippen molar-refractivity contribution in [1.29, 1.82) is 0 Å². The minimum absolute atomic E-state index is 0.0611. The monoisotopic (exact) mass is 442 g/mol. The van der Waals surface area contributed by atoms with Gasteiger partial charge >= 0.3 is 0 Å². The summed E-state index contributed by atoms with van der Waals surface area (Å²) in [6, 6.07) is 3.73. The van der Waals surface area contributed by atoms with E-state index in [1.54, 1.807) is 18.3 Å². The summed E-state index contributed by atoms with van der Waals surface area (Å²) in [5, 5.41) is 12.7. The van der Waals surface area contributed by atoms with Crippen LogP contribution in [0.4, 0.5) is 5.82 Å². The molecule has 3 N–H and O–H groups in total. The Balaban J connectivity index is 1.56. The number of hydrogen-bond acceptors (Lipinski definition) is 9. The molecule has 0 radical (unpaired) electrons. The molecule has 1 aliphatic carbocycles. The van der Waals surface area contributed by atoms with Crippen molar-refractivity contribution < 1.29 is 14.6 Å². The molecule has 9 nitrogen and oxygen atoms in total. The first-order chi connectivity index (χ1) is 15.0. The topological polar surface area (TPSA) is 113 Å². The average molecular weight is 443 g/mol. The molecule has 0 saturated carbocycles. The summed E-state index contributed by atoms with van der Waals surface area (Å²) in [6.45, 7) is 2.36. The first-order valence-electron chi connectivity index (χ1n) is 10.3. The summed E-state index contributed by atoms with van der Waals surface area (Å²) in [7, 11) is 1.87. The SMILES string of the molecule is CC1C=C(NC(=O)CN(C)c2nc(-c3cc(OCCO)ccn3)nc3c2CCC3)SN1. The Kier molecular flexibility index (Phi) is 6.69. The smallest absolute Gasteiger partial charge is 0.244 e. The molecule has 0 fully saturated rings. The van der Waals surface area contributed by atoms with E-state index in [0.717, 1.165) is 41.4 Å². The number of amides is 1. The number of rotatable bonds is 8. The third-order valence-electron chi connectivity index (χ3n) is 4.99. The lowest BCUT2D eigenvalue weighted by Gasteiger charge is -2.21. The molecule has 0 spiro atoms. The number of hydrogen-bond donors (Lipinski definition) is 3. The highest BCUT2D eigenvalue weighted by molar-refractivity contribution is 8.01. The summed E-state index contributed by atoms with van der Waals surface area (Å²) in [6.07, 6.45) is 6.41. The van der Waals surface area contributed by atoms with E-state index in [-0.39, 0.29) is 31.7 Å². The Labute approximate surface area is 185 Å². The third-order valence-corrected chi connectivity index (χ3v) is 5.94. The molecule has 0 saturated heterocycles. The summed E-state index contributed by atoms with van der Waals surface area (Å²) < 4.78 is 8.67. The van der Waals surface area contributed by atoms with Gasteiger partial charge < -0.3 is 20.1 Å². The van der Waals surface area contributed by atoms with Crippen LogP contribution in [0.2, 0.25) is 0 Å². The van der Waals surface area contributed by atoms with E-state index in [0.29, 0.717) is 17.3 Å². The number of aliphatic hydroxyl groups excluding tert-OH is 1. The number of aryl methyl sites for hydroxylation is 1. The Hall–Kier alpha value is -2.69. The maximum atomic E-state index is 12.6. The van der Waals surface area contributed by atoms with Crippen LogP contribution in [0.15, 0.2) is 29.4 Å². The third kappa shape index (κ3) is 5.15. The molecule has 31 heavy (non-hydrogen) atoms. The largest absolute Gasteiger partial charge is 0.491 e. The predicted octanol–water partition coefficient (Wildman–Crippen LogP) is 1.43. The molecule has 0 bridgehead atoms. The lowest BCUT2D eigenvalue weighted by atomic mass is 10.2. The van der Waals surface area contributed by atoms with Crippen molar-refractivity contribution >= 4 is 23.7 Å². The van der Waals surface area contributed by atoms with E-state index in [1.165, 1.54) is 11.9 Å². The van der Waals surface area contributed by atoms with Gasteiger partial charge in [0.1, 0.15) is 23.9 Å². The van der Waals surface area contributed by atoms with Gasteiger partial charge in [0.05, 0.1) is 18.2 Å². The fraction of sp³-hybridized carbons (Fsp3) is 0.429. The number of aliphatic hydroxyl groups is 1. The zero-order valence-electron chi connectivity index (χ0n) is 17.6. The van der Waals surface area contributed by atoms with E-state index < -0.39 is 0 Å². The van der Waals surface area contributed by atoms with Gasteiger partial charge in [-0.25, -0.2) is 9.97 Å². The molecule has 164 valence electrons. The number of ether oxygens (including phenoxy) is 1. The Morgan fingerprint density at radius 1 is 1.42 bits per heavy atom. The van der Waals surface area contributed by atoms with Crippen molar-refractivity contribution in [1.82, 2.24) is 25.0 Å². The van der Waals surface area contributed by atoms with Gasteiger partial charge in [0.2, 0.25) is 5.91 Å². The molecular formula is C21H26N6O3S. The van der Waals surface area contributed by atoms with Crippen LogP contribution in [0, 0.1) is 0 Å². The van der Waals surface area contributed by atoms with E-state index >= 15 is 0 Å². The molecule has 1 amide bonds. The van der Waals surface area contributed by atoms with Gasteiger partial charge in [-0.05, 0) is 50.3 Å². The molecule has 1 aliphatic heterocycles. The van der Waals surface area contributed by atoms with Crippen LogP contribution in [-0.2, 0) is 17.6 Å². The lowest BCUT2D eigenvalue weighted by Crippen LogP contribution is -2.35. The fourth-order valence-corrected chi connectivity index (χ4v) is 4.43. The fourth-order valence-electron chi connectivity index (χ4n) is 3.62. The summed E-state index contributed by atoms with van der Waals surface area (Å²) in [5.41, 5.74) is 2.69. The quantitative estimate of drug-likeness (QED) is 0.523. The second kappa shape index (κ2) is 9.63. The van der Waals surface area contributed by atoms with Crippen LogP contribution in [-0.4, -0.2) is 58.8 Å². The van der Waals surface area contributed by atoms with Crippen molar-refractivity contribution in [2.45, 2.75) is 32.2 Å². The molecule has 10 heteroatoms. The second-order valence-corrected chi connectivity index (χ2v) is 8.42. The number of anilines is 1. The number of aromatic nitrogens is 3. The van der Waals surface area contributed by atoms with Crippen LogP contribution in [0.1, 0.15) is 24.6 Å².